The summed E-state index contributed by atoms with van der Waals surface area (Å²) in [6.45, 7) is 5.46. The Kier molecular flexibility index (Phi) is 5.59. The van der Waals surface area contributed by atoms with Gasteiger partial charge in [0.05, 0.1) is 21.8 Å². The van der Waals surface area contributed by atoms with Gasteiger partial charge in [0.1, 0.15) is 6.61 Å². The summed E-state index contributed by atoms with van der Waals surface area (Å²) >= 11 is 1.32. The minimum atomic E-state index is -0.599. The first-order chi connectivity index (χ1) is 14.6. The molecule has 0 saturated carbocycles. The highest BCUT2D eigenvalue weighted by Crippen LogP contribution is 2.30. The molecule has 0 aliphatic carbocycles. The first kappa shape index (κ1) is 19.8. The summed E-state index contributed by atoms with van der Waals surface area (Å²) in [5.41, 5.74) is 2.48. The fraction of sp³-hybridized carbons (Fsp3) is 0.125. The lowest BCUT2D eigenvalue weighted by molar-refractivity contribution is -0.138. The lowest BCUT2D eigenvalue weighted by Crippen LogP contribution is -2.39. The highest BCUT2D eigenvalue weighted by atomic mass is 32.1. The number of carbonyl (C=O) groups is 1. The minimum Gasteiger partial charge on any atom is -0.458 e. The molecule has 1 atom stereocenters. The summed E-state index contributed by atoms with van der Waals surface area (Å²) in [6, 6.07) is 18.5. The number of rotatable bonds is 5. The number of hydrogen-bond acceptors (Lipinski definition) is 5. The monoisotopic (exact) mass is 416 g/mol. The molecule has 30 heavy (non-hydrogen) atoms. The smallest absolute Gasteiger partial charge is 0.338 e. The molecule has 0 bridgehead atoms. The van der Waals surface area contributed by atoms with Crippen molar-refractivity contribution in [2.45, 2.75) is 13.0 Å². The first-order valence-corrected chi connectivity index (χ1v) is 10.3. The van der Waals surface area contributed by atoms with Crippen molar-refractivity contribution < 1.29 is 9.53 Å². The molecule has 4 rings (SSSR count). The average Bonchev–Trinajstić information content (AvgIpc) is 3.07. The molecule has 6 heteroatoms. The van der Waals surface area contributed by atoms with Gasteiger partial charge in [-0.15, -0.1) is 0 Å². The van der Waals surface area contributed by atoms with Gasteiger partial charge >= 0.3 is 5.97 Å². The van der Waals surface area contributed by atoms with Crippen molar-refractivity contribution in [2.24, 2.45) is 4.99 Å². The van der Waals surface area contributed by atoms with Crippen LogP contribution in [0.1, 0.15) is 24.1 Å². The van der Waals surface area contributed by atoms with E-state index in [9.17, 15) is 9.59 Å². The van der Waals surface area contributed by atoms with Crippen molar-refractivity contribution in [3.8, 4) is 0 Å². The summed E-state index contributed by atoms with van der Waals surface area (Å²) in [5.74, 6) is -0.498. The number of allylic oxidation sites excluding steroid dienone is 1. The van der Waals surface area contributed by atoms with E-state index in [-0.39, 0.29) is 12.2 Å². The topological polar surface area (TPSA) is 60.7 Å². The first-order valence-electron chi connectivity index (χ1n) is 9.50. The van der Waals surface area contributed by atoms with Crippen molar-refractivity contribution in [3.05, 3.63) is 115 Å². The van der Waals surface area contributed by atoms with Crippen LogP contribution in [0.5, 0.6) is 0 Å². The molecule has 2 aromatic carbocycles. The Morgan fingerprint density at radius 1 is 1.17 bits per heavy atom. The largest absolute Gasteiger partial charge is 0.458 e. The van der Waals surface area contributed by atoms with Gasteiger partial charge < -0.3 is 4.74 Å². The Morgan fingerprint density at radius 3 is 2.50 bits per heavy atom. The Morgan fingerprint density at radius 2 is 1.83 bits per heavy atom. The summed E-state index contributed by atoms with van der Waals surface area (Å²) in [6.07, 6.45) is 3.36. The van der Waals surface area contributed by atoms with Crippen LogP contribution in [0, 0.1) is 0 Å². The molecule has 3 aromatic rings. The molecule has 2 heterocycles. The van der Waals surface area contributed by atoms with E-state index in [1.54, 1.807) is 11.5 Å². The molecule has 0 radical (unpaired) electrons. The maximum Gasteiger partial charge on any atom is 0.338 e. The molecular formula is C24H20N2O3S. The summed E-state index contributed by atoms with van der Waals surface area (Å²) in [7, 11) is 0. The van der Waals surface area contributed by atoms with Gasteiger partial charge in [0, 0.05) is 0 Å². The lowest BCUT2D eigenvalue weighted by Gasteiger charge is -2.24. The second kappa shape index (κ2) is 8.47. The van der Waals surface area contributed by atoms with Gasteiger partial charge in [-0.05, 0) is 24.1 Å². The molecule has 0 fully saturated rings. The predicted octanol–water partition coefficient (Wildman–Crippen LogP) is 2.96. The van der Waals surface area contributed by atoms with E-state index in [0.717, 1.165) is 11.1 Å². The van der Waals surface area contributed by atoms with Gasteiger partial charge in [-0.3, -0.25) is 9.36 Å². The van der Waals surface area contributed by atoms with Crippen molar-refractivity contribution in [3.63, 3.8) is 0 Å². The predicted molar refractivity (Wildman–Crippen MR) is 118 cm³/mol. The summed E-state index contributed by atoms with van der Waals surface area (Å²) < 4.78 is 7.47. The van der Waals surface area contributed by atoms with Crippen molar-refractivity contribution >= 4 is 23.4 Å². The molecule has 1 aromatic heterocycles. The van der Waals surface area contributed by atoms with Crippen molar-refractivity contribution in [1.82, 2.24) is 4.57 Å². The second-order valence-electron chi connectivity index (χ2n) is 6.79. The van der Waals surface area contributed by atoms with Crippen LogP contribution in [0.2, 0.25) is 0 Å². The van der Waals surface area contributed by atoms with Crippen LogP contribution in [0.15, 0.2) is 94.4 Å². The Balaban J connectivity index is 1.93. The number of nitrogens with zero attached hydrogens (tertiary/aromatic N) is 2. The summed E-state index contributed by atoms with van der Waals surface area (Å²) in [4.78, 5) is 31.4. The molecule has 5 nitrogen and oxygen atoms in total. The van der Waals surface area contributed by atoms with Gasteiger partial charge in [-0.2, -0.15) is 0 Å². The normalized spacial score (nSPS) is 16.0. The molecule has 0 amide bonds. The van der Waals surface area contributed by atoms with E-state index < -0.39 is 12.0 Å². The Bertz CT molecular complexity index is 1300. The van der Waals surface area contributed by atoms with E-state index in [1.807, 2.05) is 66.7 Å². The van der Waals surface area contributed by atoms with Crippen LogP contribution in [0.3, 0.4) is 0 Å². The zero-order chi connectivity index (χ0) is 21.1. The summed E-state index contributed by atoms with van der Waals surface area (Å²) in [5, 5.41) is 0. The fourth-order valence-corrected chi connectivity index (χ4v) is 4.49. The van der Waals surface area contributed by atoms with E-state index >= 15 is 0 Å². The molecule has 0 unspecified atom stereocenters. The third-order valence-electron chi connectivity index (χ3n) is 4.79. The van der Waals surface area contributed by atoms with E-state index in [0.29, 0.717) is 20.6 Å². The molecule has 0 spiro atoms. The third-order valence-corrected chi connectivity index (χ3v) is 5.77. The number of thiazole rings is 1. The third kappa shape index (κ3) is 3.69. The standard InChI is InChI=1S/C24H20N2O3S/c1-3-14-29-23(28)20-16(2)25-24-26(21(20)18-12-8-5-9-13-18)22(27)19(30-24)15-17-10-6-4-7-11-17/h3-13,15,21H,1,14H2,2H3/b19-15-/t21-/m0/s1. The van der Waals surface area contributed by atoms with Gasteiger partial charge in [-0.1, -0.05) is 84.7 Å². The van der Waals surface area contributed by atoms with Crippen molar-refractivity contribution in [1.29, 1.82) is 0 Å². The van der Waals surface area contributed by atoms with Gasteiger partial charge in [0.2, 0.25) is 0 Å². The van der Waals surface area contributed by atoms with Gasteiger partial charge in [0.15, 0.2) is 4.80 Å². The van der Waals surface area contributed by atoms with Crippen LogP contribution in [-0.4, -0.2) is 17.1 Å². The number of fused-ring (bicyclic) bond motifs is 1. The molecule has 1 aliphatic heterocycles. The zero-order valence-electron chi connectivity index (χ0n) is 16.4. The van der Waals surface area contributed by atoms with Crippen molar-refractivity contribution in [2.75, 3.05) is 6.61 Å². The molecule has 0 saturated heterocycles. The quantitative estimate of drug-likeness (QED) is 0.475. The fourth-order valence-electron chi connectivity index (χ4n) is 3.45. The van der Waals surface area contributed by atoms with Crippen LogP contribution in [0.25, 0.3) is 6.08 Å². The number of carbonyl (C=O) groups excluding carboxylic acids is 1. The zero-order valence-corrected chi connectivity index (χ0v) is 17.3. The molecule has 150 valence electrons. The van der Waals surface area contributed by atoms with Crippen LogP contribution in [-0.2, 0) is 9.53 Å². The maximum atomic E-state index is 13.4. The second-order valence-corrected chi connectivity index (χ2v) is 7.80. The number of esters is 1. The minimum absolute atomic E-state index is 0.0928. The lowest BCUT2D eigenvalue weighted by atomic mass is 9.96. The molecular weight excluding hydrogens is 396 g/mol. The number of hydrogen-bond donors (Lipinski definition) is 0. The molecule has 1 aliphatic rings. The SMILES string of the molecule is C=CCOC(=O)C1=C(C)N=c2s/c(=C\c3ccccc3)c(=O)n2[C@H]1c1ccccc1. The molecule has 0 N–H and O–H groups in total. The van der Waals surface area contributed by atoms with Crippen LogP contribution >= 0.6 is 11.3 Å². The van der Waals surface area contributed by atoms with E-state index in [4.69, 9.17) is 4.74 Å². The van der Waals surface area contributed by atoms with E-state index in [2.05, 4.69) is 11.6 Å². The highest BCUT2D eigenvalue weighted by Gasteiger charge is 2.33. The number of ether oxygens (including phenoxy) is 1. The van der Waals surface area contributed by atoms with Gasteiger partial charge in [0.25, 0.3) is 5.56 Å². The van der Waals surface area contributed by atoms with Crippen LogP contribution in [0.4, 0.5) is 0 Å². The average molecular weight is 417 g/mol. The number of aromatic nitrogens is 1. The number of benzene rings is 2. The maximum absolute atomic E-state index is 13.4. The van der Waals surface area contributed by atoms with Gasteiger partial charge in [-0.25, -0.2) is 9.79 Å². The Hall–Kier alpha value is -3.51. The van der Waals surface area contributed by atoms with Crippen LogP contribution < -0.4 is 14.9 Å². The van der Waals surface area contributed by atoms with E-state index in [1.165, 1.54) is 17.4 Å². The highest BCUT2D eigenvalue weighted by molar-refractivity contribution is 7.07. The Labute approximate surface area is 177 Å².